The van der Waals surface area contributed by atoms with Crippen molar-refractivity contribution in [3.63, 3.8) is 0 Å². The highest BCUT2D eigenvalue weighted by atomic mass is 127. The lowest BCUT2D eigenvalue weighted by molar-refractivity contribution is 0.0376. The van der Waals surface area contributed by atoms with Gasteiger partial charge >= 0.3 is 0 Å². The molecule has 1 aliphatic rings. The van der Waals surface area contributed by atoms with E-state index in [1.807, 2.05) is 18.2 Å². The third kappa shape index (κ3) is 10.7. The lowest BCUT2D eigenvalue weighted by Crippen LogP contribution is -2.39. The summed E-state index contributed by atoms with van der Waals surface area (Å²) in [7, 11) is 1.66. The molecule has 178 valence electrons. The average molecular weight is 549 g/mol. The van der Waals surface area contributed by atoms with E-state index in [9.17, 15) is 0 Å². The molecule has 2 rings (SSSR count). The average Bonchev–Trinajstić information content (AvgIpc) is 2.79. The number of nitrogens with one attached hydrogen (secondary N) is 1. The van der Waals surface area contributed by atoms with E-state index >= 15 is 0 Å². The van der Waals surface area contributed by atoms with E-state index in [1.54, 1.807) is 7.11 Å². The summed E-state index contributed by atoms with van der Waals surface area (Å²) in [5.41, 5.74) is 7.03. The topological polar surface area (TPSA) is 84.6 Å². The number of hydrogen-bond donors (Lipinski definition) is 2. The van der Waals surface area contributed by atoms with Crippen molar-refractivity contribution >= 4 is 29.9 Å². The Morgan fingerprint density at radius 3 is 2.65 bits per heavy atom. The van der Waals surface area contributed by atoms with Crippen LogP contribution in [0.15, 0.2) is 23.2 Å². The van der Waals surface area contributed by atoms with Crippen LogP contribution in [0, 0.1) is 0 Å². The van der Waals surface area contributed by atoms with Crippen molar-refractivity contribution in [1.29, 1.82) is 0 Å². The fraction of sp³-hybridized carbons (Fsp3) is 0.682. The van der Waals surface area contributed by atoms with Gasteiger partial charge in [-0.25, -0.2) is 4.99 Å². The number of nitrogens with two attached hydrogens (primary N) is 1. The smallest absolute Gasteiger partial charge is 0.188 e. The Morgan fingerprint density at radius 1 is 1.23 bits per heavy atom. The van der Waals surface area contributed by atoms with Crippen molar-refractivity contribution in [3.05, 3.63) is 23.8 Å². The maximum atomic E-state index is 6.01. The molecule has 1 heterocycles. The van der Waals surface area contributed by atoms with Gasteiger partial charge in [-0.3, -0.25) is 4.90 Å². The Labute approximate surface area is 204 Å². The van der Waals surface area contributed by atoms with Gasteiger partial charge in [0.25, 0.3) is 0 Å². The fourth-order valence-electron chi connectivity index (χ4n) is 3.33. The molecule has 1 fully saturated rings. The number of benzene rings is 1. The van der Waals surface area contributed by atoms with Crippen LogP contribution in [0.3, 0.4) is 0 Å². The molecule has 31 heavy (non-hydrogen) atoms. The largest absolute Gasteiger partial charge is 0.493 e. The molecule has 1 saturated heterocycles. The van der Waals surface area contributed by atoms with E-state index in [0.717, 1.165) is 82.5 Å². The molecule has 0 spiro atoms. The molecule has 8 nitrogen and oxygen atoms in total. The Kier molecular flexibility index (Phi) is 14.6. The summed E-state index contributed by atoms with van der Waals surface area (Å²) in [6.45, 7) is 14.0. The van der Waals surface area contributed by atoms with Crippen molar-refractivity contribution in [2.24, 2.45) is 10.7 Å². The molecule has 0 aromatic heterocycles. The molecule has 1 aromatic rings. The molecular formula is C22H40IN5O3. The standard InChI is InChI=1S/C22H39N5O3.HI/c1-4-26(5-2)13-16-30-20-8-7-19(17-21(20)28-3)18-25-22(23)24-9-6-10-27-11-14-29-15-12-27;/h7-8,17H,4-6,9-16,18H2,1-3H3,(H3,23,24,25);1H. The fourth-order valence-corrected chi connectivity index (χ4v) is 3.33. The lowest BCUT2D eigenvalue weighted by Gasteiger charge is -2.26. The molecule has 3 N–H and O–H groups in total. The van der Waals surface area contributed by atoms with Gasteiger partial charge in [0.1, 0.15) is 6.61 Å². The minimum atomic E-state index is 0. The van der Waals surface area contributed by atoms with E-state index < -0.39 is 0 Å². The number of ether oxygens (including phenoxy) is 3. The number of nitrogens with zero attached hydrogens (tertiary/aromatic N) is 3. The molecule has 9 heteroatoms. The predicted molar refractivity (Wildman–Crippen MR) is 137 cm³/mol. The number of aliphatic imine (C=N–C) groups is 1. The molecule has 0 amide bonds. The van der Waals surface area contributed by atoms with Crippen LogP contribution >= 0.6 is 24.0 Å². The highest BCUT2D eigenvalue weighted by Crippen LogP contribution is 2.28. The van der Waals surface area contributed by atoms with Gasteiger partial charge < -0.3 is 30.2 Å². The van der Waals surface area contributed by atoms with E-state index in [-0.39, 0.29) is 24.0 Å². The first kappa shape index (κ1) is 27.7. The summed E-state index contributed by atoms with van der Waals surface area (Å²) < 4.78 is 16.8. The number of guanidine groups is 1. The van der Waals surface area contributed by atoms with Crippen LogP contribution < -0.4 is 20.5 Å². The van der Waals surface area contributed by atoms with Crippen LogP contribution in [0.4, 0.5) is 0 Å². The number of hydrogen-bond acceptors (Lipinski definition) is 6. The van der Waals surface area contributed by atoms with Gasteiger partial charge in [-0.1, -0.05) is 19.9 Å². The molecule has 1 aromatic carbocycles. The molecule has 0 unspecified atom stereocenters. The summed E-state index contributed by atoms with van der Waals surface area (Å²) >= 11 is 0. The van der Waals surface area contributed by atoms with Crippen LogP contribution in [0.1, 0.15) is 25.8 Å². The third-order valence-corrected chi connectivity index (χ3v) is 5.28. The normalized spacial score (nSPS) is 14.9. The van der Waals surface area contributed by atoms with Gasteiger partial charge in [-0.15, -0.1) is 24.0 Å². The van der Waals surface area contributed by atoms with Crippen molar-refractivity contribution in [1.82, 2.24) is 15.1 Å². The summed E-state index contributed by atoms with van der Waals surface area (Å²) in [6, 6.07) is 5.91. The molecule has 0 saturated carbocycles. The van der Waals surface area contributed by atoms with Crippen LogP contribution in [0.5, 0.6) is 11.5 Å². The number of rotatable bonds is 13. The number of methoxy groups -OCH3 is 1. The molecule has 0 bridgehead atoms. The molecular weight excluding hydrogens is 509 g/mol. The number of halogens is 1. The van der Waals surface area contributed by atoms with E-state index in [4.69, 9.17) is 19.9 Å². The molecule has 0 aliphatic carbocycles. The maximum Gasteiger partial charge on any atom is 0.188 e. The second-order valence-electron chi connectivity index (χ2n) is 7.30. The van der Waals surface area contributed by atoms with Gasteiger partial charge in [0.05, 0.1) is 26.9 Å². The molecule has 0 radical (unpaired) electrons. The van der Waals surface area contributed by atoms with E-state index in [1.165, 1.54) is 0 Å². The molecule has 0 atom stereocenters. The Balaban J connectivity index is 0.00000480. The van der Waals surface area contributed by atoms with Crippen LogP contribution in [-0.4, -0.2) is 88.5 Å². The first-order valence-corrected chi connectivity index (χ1v) is 11.0. The zero-order valence-corrected chi connectivity index (χ0v) is 21.6. The van der Waals surface area contributed by atoms with E-state index in [2.05, 4.69) is 34.0 Å². The Bertz CT molecular complexity index is 638. The van der Waals surface area contributed by atoms with Crippen molar-refractivity contribution in [3.8, 4) is 11.5 Å². The predicted octanol–water partition coefficient (Wildman–Crippen LogP) is 2.16. The van der Waals surface area contributed by atoms with Gasteiger partial charge in [-0.2, -0.15) is 0 Å². The lowest BCUT2D eigenvalue weighted by atomic mass is 10.2. The first-order chi connectivity index (χ1) is 14.7. The number of likely N-dealkylation sites (N-methyl/N-ethyl adjacent to an activating group) is 1. The van der Waals surface area contributed by atoms with Gasteiger partial charge in [-0.05, 0) is 43.8 Å². The monoisotopic (exact) mass is 549 g/mol. The van der Waals surface area contributed by atoms with Crippen molar-refractivity contribution in [2.45, 2.75) is 26.8 Å². The maximum absolute atomic E-state index is 6.01. The Hall–Kier alpha value is -1.30. The van der Waals surface area contributed by atoms with Crippen LogP contribution in [0.2, 0.25) is 0 Å². The quantitative estimate of drug-likeness (QED) is 0.169. The van der Waals surface area contributed by atoms with Crippen LogP contribution in [0.25, 0.3) is 0 Å². The minimum absolute atomic E-state index is 0. The van der Waals surface area contributed by atoms with Crippen molar-refractivity contribution in [2.75, 3.05) is 72.7 Å². The SMILES string of the molecule is CCN(CC)CCOc1ccc(CN=C(N)NCCCN2CCOCC2)cc1OC.I. The minimum Gasteiger partial charge on any atom is -0.493 e. The zero-order valence-electron chi connectivity index (χ0n) is 19.3. The number of morpholine rings is 1. The zero-order chi connectivity index (χ0) is 21.6. The van der Waals surface area contributed by atoms with E-state index in [0.29, 0.717) is 19.1 Å². The summed E-state index contributed by atoms with van der Waals surface area (Å²) in [5, 5.41) is 3.19. The first-order valence-electron chi connectivity index (χ1n) is 11.0. The summed E-state index contributed by atoms with van der Waals surface area (Å²) in [5.74, 6) is 1.95. The molecule has 1 aliphatic heterocycles. The van der Waals surface area contributed by atoms with Gasteiger partial charge in [0.2, 0.25) is 0 Å². The highest BCUT2D eigenvalue weighted by Gasteiger charge is 2.09. The van der Waals surface area contributed by atoms with Gasteiger partial charge in [0, 0.05) is 26.2 Å². The highest BCUT2D eigenvalue weighted by molar-refractivity contribution is 14.0. The second kappa shape index (κ2) is 16.3. The summed E-state index contributed by atoms with van der Waals surface area (Å²) in [6.07, 6.45) is 1.03. The van der Waals surface area contributed by atoms with Gasteiger partial charge in [0.15, 0.2) is 17.5 Å². The van der Waals surface area contributed by atoms with Crippen LogP contribution in [-0.2, 0) is 11.3 Å². The Morgan fingerprint density at radius 2 is 1.97 bits per heavy atom. The second-order valence-corrected chi connectivity index (χ2v) is 7.30. The summed E-state index contributed by atoms with van der Waals surface area (Å²) in [4.78, 5) is 9.18. The third-order valence-electron chi connectivity index (χ3n) is 5.28. The van der Waals surface area contributed by atoms with Crippen molar-refractivity contribution < 1.29 is 14.2 Å².